The monoisotopic (exact) mass is 402 g/mol. The summed E-state index contributed by atoms with van der Waals surface area (Å²) in [6, 6.07) is 18.7. The Morgan fingerprint density at radius 3 is 2.48 bits per heavy atom. The second-order valence-corrected chi connectivity index (χ2v) is 8.29. The SMILES string of the molecule is O=C(c1ccccc1)[C@@H]1[C@@H](c2cccs2)[C@H]([N+](=O)[O-])[C@H]2C=Cc3ccccc3N21. The second-order valence-electron chi connectivity index (χ2n) is 7.31. The van der Waals surface area contributed by atoms with E-state index in [9.17, 15) is 14.9 Å². The number of hydrogen-bond donors (Lipinski definition) is 0. The molecule has 0 N–H and O–H groups in total. The molecule has 3 aromatic rings. The summed E-state index contributed by atoms with van der Waals surface area (Å²) in [4.78, 5) is 28.6. The average Bonchev–Trinajstić information content (AvgIpc) is 3.39. The van der Waals surface area contributed by atoms with Crippen LogP contribution in [0.25, 0.3) is 6.08 Å². The van der Waals surface area contributed by atoms with Crippen molar-refractivity contribution in [3.05, 3.63) is 104 Å². The van der Waals surface area contributed by atoms with Crippen molar-refractivity contribution < 1.29 is 9.72 Å². The Hall–Kier alpha value is -3.25. The molecule has 0 spiro atoms. The number of ketones is 1. The van der Waals surface area contributed by atoms with Crippen LogP contribution in [-0.2, 0) is 0 Å². The van der Waals surface area contributed by atoms with Crippen molar-refractivity contribution in [2.24, 2.45) is 0 Å². The number of thiophene rings is 1. The predicted octanol–water partition coefficient (Wildman–Crippen LogP) is 4.64. The first-order chi connectivity index (χ1) is 14.2. The van der Waals surface area contributed by atoms with E-state index in [4.69, 9.17) is 0 Å². The first-order valence-electron chi connectivity index (χ1n) is 9.48. The van der Waals surface area contributed by atoms with Gasteiger partial charge in [-0.1, -0.05) is 66.7 Å². The number of Topliss-reactive ketones (excluding diaryl/α,β-unsaturated/α-hetero) is 1. The summed E-state index contributed by atoms with van der Waals surface area (Å²) < 4.78 is 0. The van der Waals surface area contributed by atoms with Gasteiger partial charge in [-0.15, -0.1) is 11.3 Å². The molecule has 0 amide bonds. The van der Waals surface area contributed by atoms with E-state index in [1.807, 2.05) is 77.0 Å². The highest BCUT2D eigenvalue weighted by molar-refractivity contribution is 7.10. The average molecular weight is 402 g/mol. The van der Waals surface area contributed by atoms with Crippen LogP contribution in [0.2, 0.25) is 0 Å². The van der Waals surface area contributed by atoms with E-state index in [1.165, 1.54) is 11.3 Å². The first kappa shape index (κ1) is 17.8. The smallest absolute Gasteiger partial charge is 0.246 e. The summed E-state index contributed by atoms with van der Waals surface area (Å²) in [6.45, 7) is 0. The van der Waals surface area contributed by atoms with Gasteiger partial charge in [0.2, 0.25) is 6.04 Å². The van der Waals surface area contributed by atoms with Crippen LogP contribution >= 0.6 is 11.3 Å². The maximum atomic E-state index is 13.7. The number of hydrogen-bond acceptors (Lipinski definition) is 5. The minimum Gasteiger partial charge on any atom is -0.346 e. The molecule has 3 heterocycles. The standard InChI is InChI=1S/C23H18N2O3S/c26-23(16-8-2-1-3-9-16)22-20(19-11-6-14-29-19)21(25(27)28)18-13-12-15-7-4-5-10-17(15)24(18)22/h1-14,18,20-22H/t18-,20+,21-,22+/m1/s1. The largest absolute Gasteiger partial charge is 0.346 e. The van der Waals surface area contributed by atoms with Crippen molar-refractivity contribution in [1.29, 1.82) is 0 Å². The third kappa shape index (κ3) is 2.79. The normalized spacial score (nSPS) is 24.8. The van der Waals surface area contributed by atoms with Crippen molar-refractivity contribution in [2.45, 2.75) is 24.0 Å². The lowest BCUT2D eigenvalue weighted by Crippen LogP contribution is -2.44. The highest BCUT2D eigenvalue weighted by Crippen LogP contribution is 2.47. The summed E-state index contributed by atoms with van der Waals surface area (Å²) in [6.07, 6.45) is 3.82. The van der Waals surface area contributed by atoms with E-state index >= 15 is 0 Å². The zero-order chi connectivity index (χ0) is 20.0. The maximum Gasteiger partial charge on any atom is 0.246 e. The van der Waals surface area contributed by atoms with Gasteiger partial charge in [-0.05, 0) is 23.1 Å². The molecular weight excluding hydrogens is 384 g/mol. The molecule has 1 fully saturated rings. The Morgan fingerprint density at radius 2 is 1.76 bits per heavy atom. The summed E-state index contributed by atoms with van der Waals surface area (Å²) in [5, 5.41) is 14.1. The Labute approximate surface area is 172 Å². The molecule has 1 aromatic heterocycles. The number of rotatable bonds is 4. The van der Waals surface area contributed by atoms with Gasteiger partial charge in [0.25, 0.3) is 0 Å². The van der Waals surface area contributed by atoms with Crippen molar-refractivity contribution in [3.63, 3.8) is 0 Å². The number of nitrogens with zero attached hydrogens (tertiary/aromatic N) is 2. The molecule has 4 atom stereocenters. The number of anilines is 1. The van der Waals surface area contributed by atoms with Gasteiger partial charge < -0.3 is 4.90 Å². The summed E-state index contributed by atoms with van der Waals surface area (Å²) in [7, 11) is 0. The fraction of sp³-hybridized carbons (Fsp3) is 0.174. The van der Waals surface area contributed by atoms with Gasteiger partial charge in [-0.2, -0.15) is 0 Å². The fourth-order valence-corrected chi connectivity index (χ4v) is 5.53. The molecule has 2 aliphatic rings. The van der Waals surface area contributed by atoms with Crippen LogP contribution in [0.5, 0.6) is 0 Å². The van der Waals surface area contributed by atoms with Gasteiger partial charge >= 0.3 is 0 Å². The zero-order valence-corrected chi connectivity index (χ0v) is 16.2. The van der Waals surface area contributed by atoms with Gasteiger partial charge in [0.05, 0.1) is 5.92 Å². The Kier molecular flexibility index (Phi) is 4.28. The number of nitro groups is 1. The summed E-state index contributed by atoms with van der Waals surface area (Å²) in [5.74, 6) is -0.595. The molecule has 5 nitrogen and oxygen atoms in total. The van der Waals surface area contributed by atoms with E-state index < -0.39 is 24.0 Å². The van der Waals surface area contributed by atoms with Gasteiger partial charge in [-0.25, -0.2) is 0 Å². The van der Waals surface area contributed by atoms with E-state index in [2.05, 4.69) is 0 Å². The summed E-state index contributed by atoms with van der Waals surface area (Å²) >= 11 is 1.48. The van der Waals surface area contributed by atoms with E-state index in [0.29, 0.717) is 5.56 Å². The van der Waals surface area contributed by atoms with Crippen LogP contribution < -0.4 is 4.90 Å². The highest BCUT2D eigenvalue weighted by Gasteiger charge is 2.59. The Morgan fingerprint density at radius 1 is 1.00 bits per heavy atom. The van der Waals surface area contributed by atoms with Crippen LogP contribution in [0.3, 0.4) is 0 Å². The lowest BCUT2D eigenvalue weighted by molar-refractivity contribution is -0.523. The Bertz CT molecular complexity index is 1090. The molecule has 1 saturated heterocycles. The van der Waals surface area contributed by atoms with Crippen LogP contribution in [0.4, 0.5) is 5.69 Å². The van der Waals surface area contributed by atoms with Crippen LogP contribution in [0.1, 0.15) is 26.7 Å². The van der Waals surface area contributed by atoms with Crippen LogP contribution in [0.15, 0.2) is 78.2 Å². The topological polar surface area (TPSA) is 63.4 Å². The number of carbonyl (C=O) groups is 1. The molecular formula is C23H18N2O3S. The van der Waals surface area contributed by atoms with Gasteiger partial charge in [-0.3, -0.25) is 14.9 Å². The Balaban J connectivity index is 1.72. The van der Waals surface area contributed by atoms with Gasteiger partial charge in [0, 0.05) is 21.1 Å². The van der Waals surface area contributed by atoms with E-state index in [-0.39, 0.29) is 10.7 Å². The molecule has 144 valence electrons. The quantitative estimate of drug-likeness (QED) is 0.362. The van der Waals surface area contributed by atoms with Crippen molar-refractivity contribution in [1.82, 2.24) is 0 Å². The third-order valence-corrected chi connectivity index (χ3v) is 6.78. The van der Waals surface area contributed by atoms with Crippen LogP contribution in [0, 0.1) is 10.1 Å². The van der Waals surface area contributed by atoms with E-state index in [0.717, 1.165) is 16.1 Å². The van der Waals surface area contributed by atoms with Gasteiger partial charge in [0.1, 0.15) is 12.1 Å². The number of para-hydroxylation sites is 1. The molecule has 2 aromatic carbocycles. The molecule has 5 rings (SSSR count). The molecule has 0 aliphatic carbocycles. The molecule has 6 heteroatoms. The van der Waals surface area contributed by atoms with Crippen molar-refractivity contribution >= 4 is 28.9 Å². The fourth-order valence-electron chi connectivity index (χ4n) is 4.63. The molecule has 29 heavy (non-hydrogen) atoms. The molecule has 0 saturated carbocycles. The molecule has 2 aliphatic heterocycles. The molecule has 0 bridgehead atoms. The van der Waals surface area contributed by atoms with Crippen molar-refractivity contribution in [2.75, 3.05) is 4.90 Å². The first-order valence-corrected chi connectivity index (χ1v) is 10.4. The highest BCUT2D eigenvalue weighted by atomic mass is 32.1. The predicted molar refractivity (Wildman–Crippen MR) is 114 cm³/mol. The van der Waals surface area contributed by atoms with E-state index in [1.54, 1.807) is 12.1 Å². The van der Waals surface area contributed by atoms with Crippen molar-refractivity contribution in [3.8, 4) is 0 Å². The molecule has 0 radical (unpaired) electrons. The lowest BCUT2D eigenvalue weighted by Gasteiger charge is -2.34. The maximum absolute atomic E-state index is 13.7. The minimum absolute atomic E-state index is 0.0801. The molecule has 0 unspecified atom stereocenters. The number of fused-ring (bicyclic) bond motifs is 3. The minimum atomic E-state index is -0.893. The summed E-state index contributed by atoms with van der Waals surface area (Å²) in [5.41, 5.74) is 2.43. The lowest BCUT2D eigenvalue weighted by atomic mass is 9.88. The second kappa shape index (κ2) is 6.97. The number of carbonyl (C=O) groups excluding carboxylic acids is 1. The van der Waals surface area contributed by atoms with Gasteiger partial charge in [0.15, 0.2) is 5.78 Å². The van der Waals surface area contributed by atoms with Crippen LogP contribution in [-0.4, -0.2) is 28.8 Å². The third-order valence-electron chi connectivity index (χ3n) is 5.81. The zero-order valence-electron chi connectivity index (χ0n) is 15.4. The number of benzene rings is 2.